The minimum absolute atomic E-state index is 0.0222. The number of nitrogens with zero attached hydrogens (tertiary/aromatic N) is 6. The number of hydrogen-bond donors (Lipinski definition) is 2. The maximum atomic E-state index is 14.3. The van der Waals surface area contributed by atoms with Gasteiger partial charge in [0.25, 0.3) is 5.91 Å². The minimum atomic E-state index is -0.474. The Labute approximate surface area is 276 Å². The summed E-state index contributed by atoms with van der Waals surface area (Å²) < 4.78 is 22.2. The number of halogens is 1. The fourth-order valence-corrected chi connectivity index (χ4v) is 6.06. The zero-order chi connectivity index (χ0) is 33.4. The Morgan fingerprint density at radius 3 is 2.77 bits per heavy atom. The van der Waals surface area contributed by atoms with Crippen molar-refractivity contribution in [3.63, 3.8) is 0 Å². The summed E-state index contributed by atoms with van der Waals surface area (Å²) in [7, 11) is 2.01. The van der Waals surface area contributed by atoms with Crippen molar-refractivity contribution in [3.8, 4) is 11.9 Å². The van der Waals surface area contributed by atoms with Crippen molar-refractivity contribution in [1.29, 1.82) is 5.26 Å². The number of aryl methyl sites for hydroxylation is 3. The van der Waals surface area contributed by atoms with Crippen molar-refractivity contribution in [3.05, 3.63) is 118 Å². The summed E-state index contributed by atoms with van der Waals surface area (Å²) in [5, 5.41) is 20.3. The Kier molecular flexibility index (Phi) is 8.17. The number of pyridine rings is 1. The number of fused-ring (bicyclic) bond motifs is 2. The smallest absolute Gasteiger partial charge is 0.255 e. The molecule has 0 radical (unpaired) electrons. The molecule has 0 spiro atoms. The van der Waals surface area contributed by atoms with Crippen LogP contribution >= 0.6 is 0 Å². The summed E-state index contributed by atoms with van der Waals surface area (Å²) >= 11 is 0. The highest BCUT2D eigenvalue weighted by Crippen LogP contribution is 2.27. The van der Waals surface area contributed by atoms with Gasteiger partial charge in [-0.25, -0.2) is 14.4 Å². The van der Waals surface area contributed by atoms with Crippen LogP contribution in [0.1, 0.15) is 50.7 Å². The predicted molar refractivity (Wildman–Crippen MR) is 182 cm³/mol. The molecule has 0 fully saturated rings. The van der Waals surface area contributed by atoms with Crippen molar-refractivity contribution in [1.82, 2.24) is 29.6 Å². The van der Waals surface area contributed by atoms with E-state index >= 15 is 0 Å². The van der Waals surface area contributed by atoms with Gasteiger partial charge in [0.2, 0.25) is 5.88 Å². The molecule has 6 aromatic rings. The highest BCUT2D eigenvalue weighted by molar-refractivity contribution is 6.07. The first kappa shape index (κ1) is 30.8. The van der Waals surface area contributed by atoms with Crippen molar-refractivity contribution in [2.45, 2.75) is 33.4 Å². The van der Waals surface area contributed by atoms with Crippen LogP contribution in [0.15, 0.2) is 72.8 Å². The number of aromatic nitrogens is 5. The van der Waals surface area contributed by atoms with Crippen molar-refractivity contribution in [2.75, 3.05) is 18.4 Å². The Hall–Kier alpha value is -5.86. The van der Waals surface area contributed by atoms with Crippen LogP contribution in [0.4, 0.5) is 10.1 Å². The van der Waals surface area contributed by atoms with Crippen LogP contribution in [-0.2, 0) is 20.2 Å². The molecule has 0 aliphatic carbocycles. The van der Waals surface area contributed by atoms with Gasteiger partial charge in [-0.05, 0) is 79.9 Å². The second-order valence-electron chi connectivity index (χ2n) is 12.1. The number of carbonyl (C=O) groups excluding carboxylic acids is 1. The van der Waals surface area contributed by atoms with E-state index in [0.29, 0.717) is 29.2 Å². The largest absolute Gasteiger partial charge is 0.473 e. The molecule has 240 valence electrons. The number of carbonyl (C=O) groups is 1. The number of ether oxygens (including phenoxy) is 1. The molecule has 3 aromatic carbocycles. The second-order valence-corrected chi connectivity index (χ2v) is 12.1. The number of aromatic amines is 1. The van der Waals surface area contributed by atoms with Gasteiger partial charge in [-0.15, -0.1) is 0 Å². The first-order valence-corrected chi connectivity index (χ1v) is 15.7. The monoisotopic (exact) mass is 640 g/mol. The van der Waals surface area contributed by atoms with E-state index in [1.807, 2.05) is 69.4 Å². The summed E-state index contributed by atoms with van der Waals surface area (Å²) in [5.41, 5.74) is 8.42. The van der Waals surface area contributed by atoms with Crippen LogP contribution < -0.4 is 10.1 Å². The lowest BCUT2D eigenvalue weighted by molar-refractivity contribution is 0.102. The number of anilines is 1. The first-order valence-electron chi connectivity index (χ1n) is 15.7. The maximum Gasteiger partial charge on any atom is 0.255 e. The molecule has 10 nitrogen and oxygen atoms in total. The summed E-state index contributed by atoms with van der Waals surface area (Å²) in [4.78, 5) is 25.1. The molecule has 0 saturated carbocycles. The maximum absolute atomic E-state index is 14.3. The molecule has 2 N–H and O–H groups in total. The van der Waals surface area contributed by atoms with E-state index in [9.17, 15) is 9.18 Å². The van der Waals surface area contributed by atoms with Crippen molar-refractivity contribution in [2.24, 2.45) is 7.05 Å². The van der Waals surface area contributed by atoms with Gasteiger partial charge in [0.1, 0.15) is 18.2 Å². The molecule has 11 heteroatoms. The summed E-state index contributed by atoms with van der Waals surface area (Å²) in [6.45, 7) is 6.17. The van der Waals surface area contributed by atoms with Gasteiger partial charge in [-0.1, -0.05) is 18.2 Å². The van der Waals surface area contributed by atoms with Crippen molar-refractivity contribution < 1.29 is 13.9 Å². The van der Waals surface area contributed by atoms with Crippen LogP contribution in [-0.4, -0.2) is 48.6 Å². The van der Waals surface area contributed by atoms with Gasteiger partial charge in [0.05, 0.1) is 40.4 Å². The lowest BCUT2D eigenvalue weighted by Gasteiger charge is -2.25. The van der Waals surface area contributed by atoms with Gasteiger partial charge >= 0.3 is 0 Å². The lowest BCUT2D eigenvalue weighted by Crippen LogP contribution is -2.29. The number of imidazole rings is 1. The average molecular weight is 641 g/mol. The fraction of sp³-hybridized carbons (Fsp3) is 0.216. The molecule has 4 heterocycles. The van der Waals surface area contributed by atoms with E-state index in [0.717, 1.165) is 69.8 Å². The molecule has 0 unspecified atom stereocenters. The number of rotatable bonds is 8. The Morgan fingerprint density at radius 2 is 1.98 bits per heavy atom. The SMILES string of the molecule is Cc1[nH]nc2c(C)cc(C(=O)Nc3ccc4c(c3)nc(CN3CC=C(c5cccc(OCc6ccc(C#N)cc6F)n5)CC3)n4C)cc12. The average Bonchev–Trinajstić information content (AvgIpc) is 3.62. The topological polar surface area (TPSA) is 125 Å². The number of benzene rings is 3. The third kappa shape index (κ3) is 6.13. The normalized spacial score (nSPS) is 13.4. The minimum Gasteiger partial charge on any atom is -0.473 e. The van der Waals surface area contributed by atoms with Crippen LogP contribution in [0, 0.1) is 31.0 Å². The van der Waals surface area contributed by atoms with Gasteiger partial charge in [0, 0.05) is 54.1 Å². The first-order chi connectivity index (χ1) is 23.2. The van der Waals surface area contributed by atoms with Gasteiger partial charge < -0.3 is 14.6 Å². The van der Waals surface area contributed by atoms with E-state index in [-0.39, 0.29) is 18.1 Å². The Bertz CT molecular complexity index is 2280. The Balaban J connectivity index is 0.994. The quantitative estimate of drug-likeness (QED) is 0.192. The van der Waals surface area contributed by atoms with E-state index in [1.165, 1.54) is 6.07 Å². The number of hydrogen-bond acceptors (Lipinski definition) is 7. The van der Waals surface area contributed by atoms with Gasteiger partial charge in [-0.3, -0.25) is 14.8 Å². The summed E-state index contributed by atoms with van der Waals surface area (Å²) in [6, 6.07) is 21.4. The van der Waals surface area contributed by atoms with E-state index in [2.05, 4.69) is 36.0 Å². The van der Waals surface area contributed by atoms with Crippen molar-refractivity contribution >= 4 is 39.1 Å². The highest BCUT2D eigenvalue weighted by atomic mass is 19.1. The molecular weight excluding hydrogens is 607 g/mol. The number of nitriles is 1. The fourth-order valence-electron chi connectivity index (χ4n) is 6.06. The lowest BCUT2D eigenvalue weighted by atomic mass is 10.0. The van der Waals surface area contributed by atoms with E-state index in [1.54, 1.807) is 18.2 Å². The van der Waals surface area contributed by atoms with E-state index in [4.69, 9.17) is 15.0 Å². The highest BCUT2D eigenvalue weighted by Gasteiger charge is 2.19. The predicted octanol–water partition coefficient (Wildman–Crippen LogP) is 6.59. The zero-order valence-electron chi connectivity index (χ0n) is 26.8. The Morgan fingerprint density at radius 1 is 1.10 bits per heavy atom. The molecule has 3 aromatic heterocycles. The second kappa shape index (κ2) is 12.7. The number of amides is 1. The number of H-pyrrole nitrogens is 1. The summed E-state index contributed by atoms with van der Waals surface area (Å²) in [6.07, 6.45) is 2.99. The standard InChI is InChI=1S/C37H33FN8O2/c1-22-15-27(17-29-23(2)43-44-36(22)29)37(47)40-28-9-10-33-32(18-28)41-34(45(33)3)20-46-13-11-25(12-14-46)31-5-4-6-35(42-31)48-21-26-8-7-24(19-39)16-30(26)38/h4-11,15-18H,12-14,20-21H2,1-3H3,(H,40,47)(H,43,44). The van der Waals surface area contributed by atoms with Gasteiger partial charge in [-0.2, -0.15) is 10.4 Å². The van der Waals surface area contributed by atoms with Gasteiger partial charge in [0.15, 0.2) is 0 Å². The van der Waals surface area contributed by atoms with Crippen LogP contribution in [0.2, 0.25) is 0 Å². The molecule has 1 aliphatic rings. The molecule has 0 atom stereocenters. The molecule has 7 rings (SSSR count). The van der Waals surface area contributed by atoms with Crippen LogP contribution in [0.3, 0.4) is 0 Å². The zero-order valence-corrected chi connectivity index (χ0v) is 26.8. The molecule has 0 saturated heterocycles. The van der Waals surface area contributed by atoms with Crippen LogP contribution in [0.5, 0.6) is 5.88 Å². The molecule has 1 amide bonds. The molecular formula is C37H33FN8O2. The third-order valence-corrected chi connectivity index (χ3v) is 8.80. The molecule has 0 bridgehead atoms. The van der Waals surface area contributed by atoms with Crippen LogP contribution in [0.25, 0.3) is 27.5 Å². The summed E-state index contributed by atoms with van der Waals surface area (Å²) in [5.74, 6) is 0.696. The molecule has 48 heavy (non-hydrogen) atoms. The third-order valence-electron chi connectivity index (χ3n) is 8.80. The van der Waals surface area contributed by atoms with E-state index < -0.39 is 5.82 Å². The number of nitrogens with one attached hydrogen (secondary N) is 2. The molecule has 1 aliphatic heterocycles.